The number of thioether (sulfide) groups is 1. The third kappa shape index (κ3) is 4.51. The standard InChI is InChI=1S/C19H23ClF2N6S/c1-12(2)10-29-18-23-16(27-8-7-19(21,22)11-27)15-17(24-18)28(26-25-15)9-13-5-3-4-6-14(13)20/h3-6,12,25-26H,7-11H2,1-2H3. The summed E-state index contributed by atoms with van der Waals surface area (Å²) in [6.07, 6.45) is -0.170. The quantitative estimate of drug-likeness (QED) is 0.503. The summed E-state index contributed by atoms with van der Waals surface area (Å²) >= 11 is 7.84. The van der Waals surface area contributed by atoms with Crippen LogP contribution in [0.4, 0.5) is 26.1 Å². The van der Waals surface area contributed by atoms with E-state index in [1.54, 1.807) is 4.90 Å². The predicted molar refractivity (Wildman–Crippen MR) is 114 cm³/mol. The van der Waals surface area contributed by atoms with Crippen molar-refractivity contribution in [1.29, 1.82) is 0 Å². The Morgan fingerprint density at radius 3 is 2.69 bits per heavy atom. The molecule has 0 spiro atoms. The van der Waals surface area contributed by atoms with Crippen LogP contribution >= 0.6 is 23.4 Å². The summed E-state index contributed by atoms with van der Waals surface area (Å²) in [6.45, 7) is 4.64. The summed E-state index contributed by atoms with van der Waals surface area (Å²) in [4.78, 5) is 10.9. The number of aromatic nitrogens is 2. The van der Waals surface area contributed by atoms with Crippen LogP contribution in [0, 0.1) is 5.92 Å². The number of hydrogen-bond donors (Lipinski definition) is 2. The second-order valence-electron chi connectivity index (χ2n) is 7.68. The average Bonchev–Trinajstić information content (AvgIpc) is 3.24. The summed E-state index contributed by atoms with van der Waals surface area (Å²) in [6, 6.07) is 7.58. The molecule has 0 saturated carbocycles. The molecule has 2 aliphatic rings. The Labute approximate surface area is 178 Å². The maximum atomic E-state index is 13.8. The Morgan fingerprint density at radius 1 is 1.24 bits per heavy atom. The molecular weight excluding hydrogens is 418 g/mol. The predicted octanol–water partition coefficient (Wildman–Crippen LogP) is 4.58. The van der Waals surface area contributed by atoms with Gasteiger partial charge in [-0.25, -0.2) is 18.7 Å². The van der Waals surface area contributed by atoms with Crippen LogP contribution in [0.3, 0.4) is 0 Å². The van der Waals surface area contributed by atoms with Gasteiger partial charge in [-0.05, 0) is 17.5 Å². The molecule has 0 aliphatic carbocycles. The number of halogens is 3. The second-order valence-corrected chi connectivity index (χ2v) is 9.07. The van der Waals surface area contributed by atoms with Gasteiger partial charge >= 0.3 is 0 Å². The number of anilines is 3. The van der Waals surface area contributed by atoms with Gasteiger partial charge in [-0.2, -0.15) is 0 Å². The number of nitrogens with zero attached hydrogens (tertiary/aromatic N) is 4. The van der Waals surface area contributed by atoms with E-state index in [0.29, 0.717) is 40.0 Å². The third-order valence-corrected chi connectivity index (χ3v) is 6.37. The molecule has 1 saturated heterocycles. The highest BCUT2D eigenvalue weighted by molar-refractivity contribution is 7.99. The fraction of sp³-hybridized carbons (Fsp3) is 0.474. The Hall–Kier alpha value is -1.84. The van der Waals surface area contributed by atoms with Crippen molar-refractivity contribution in [2.45, 2.75) is 37.9 Å². The number of hydrazine groups is 2. The largest absolute Gasteiger partial charge is 0.348 e. The van der Waals surface area contributed by atoms with Crippen LogP contribution in [0.2, 0.25) is 5.02 Å². The van der Waals surface area contributed by atoms with Crippen molar-refractivity contribution in [3.63, 3.8) is 0 Å². The molecule has 2 N–H and O–H groups in total. The maximum Gasteiger partial charge on any atom is 0.266 e. The Balaban J connectivity index is 1.67. The molecule has 6 nitrogen and oxygen atoms in total. The number of nitrogens with one attached hydrogen (secondary N) is 2. The van der Waals surface area contributed by atoms with Gasteiger partial charge < -0.3 is 4.90 Å². The van der Waals surface area contributed by atoms with Crippen molar-refractivity contribution >= 4 is 40.7 Å². The van der Waals surface area contributed by atoms with Gasteiger partial charge in [0.05, 0.1) is 13.1 Å². The zero-order valence-corrected chi connectivity index (χ0v) is 17.8. The minimum absolute atomic E-state index is 0.170. The molecule has 3 heterocycles. The highest BCUT2D eigenvalue weighted by atomic mass is 35.5. The lowest BCUT2D eigenvalue weighted by atomic mass is 10.2. The van der Waals surface area contributed by atoms with Crippen molar-refractivity contribution in [2.24, 2.45) is 5.92 Å². The number of alkyl halides is 2. The van der Waals surface area contributed by atoms with Gasteiger partial charge in [0.25, 0.3) is 5.92 Å². The first-order valence-electron chi connectivity index (χ1n) is 9.52. The molecule has 0 bridgehead atoms. The molecule has 2 aromatic rings. The van der Waals surface area contributed by atoms with E-state index in [0.717, 1.165) is 11.3 Å². The zero-order valence-electron chi connectivity index (χ0n) is 16.3. The molecule has 0 unspecified atom stereocenters. The van der Waals surface area contributed by atoms with Crippen molar-refractivity contribution in [3.05, 3.63) is 34.9 Å². The molecule has 1 aromatic carbocycles. The SMILES string of the molecule is CC(C)CSc1nc(N2CCC(F)(F)C2)c2c(n1)N(Cc1ccccc1Cl)NN2. The van der Waals surface area contributed by atoms with Gasteiger partial charge in [-0.15, -0.1) is 5.53 Å². The van der Waals surface area contributed by atoms with Gasteiger partial charge in [0, 0.05) is 23.7 Å². The average molecular weight is 441 g/mol. The van der Waals surface area contributed by atoms with E-state index in [1.165, 1.54) is 11.8 Å². The summed E-state index contributed by atoms with van der Waals surface area (Å²) in [5.41, 5.74) is 7.69. The molecule has 156 valence electrons. The minimum atomic E-state index is -2.70. The van der Waals surface area contributed by atoms with Crippen LogP contribution in [-0.4, -0.2) is 34.7 Å². The van der Waals surface area contributed by atoms with Gasteiger partial charge in [-0.3, -0.25) is 10.4 Å². The Kier molecular flexibility index (Phi) is 5.72. The molecule has 0 atom stereocenters. The van der Waals surface area contributed by atoms with Crippen molar-refractivity contribution in [3.8, 4) is 0 Å². The summed E-state index contributed by atoms with van der Waals surface area (Å²) in [5.74, 6) is -0.248. The first-order valence-corrected chi connectivity index (χ1v) is 10.9. The van der Waals surface area contributed by atoms with Crippen LogP contribution in [0.5, 0.6) is 0 Å². The van der Waals surface area contributed by atoms with Crippen molar-refractivity contribution < 1.29 is 8.78 Å². The van der Waals surface area contributed by atoms with Crippen LogP contribution in [0.25, 0.3) is 0 Å². The van der Waals surface area contributed by atoms with Crippen LogP contribution in [0.15, 0.2) is 29.4 Å². The fourth-order valence-electron chi connectivity index (χ4n) is 3.26. The summed E-state index contributed by atoms with van der Waals surface area (Å²) in [5, 5.41) is 3.07. The number of rotatable bonds is 6. The van der Waals surface area contributed by atoms with E-state index in [9.17, 15) is 8.78 Å². The van der Waals surface area contributed by atoms with E-state index in [4.69, 9.17) is 16.6 Å². The van der Waals surface area contributed by atoms with Gasteiger partial charge in [0.15, 0.2) is 16.8 Å². The van der Waals surface area contributed by atoms with Gasteiger partial charge in [0.2, 0.25) is 0 Å². The smallest absolute Gasteiger partial charge is 0.266 e. The first-order chi connectivity index (χ1) is 13.8. The lowest BCUT2D eigenvalue weighted by molar-refractivity contribution is 0.0257. The molecule has 2 aliphatic heterocycles. The highest BCUT2D eigenvalue weighted by Crippen LogP contribution is 2.41. The van der Waals surface area contributed by atoms with Crippen molar-refractivity contribution in [1.82, 2.24) is 15.5 Å². The van der Waals surface area contributed by atoms with Gasteiger partial charge in [-0.1, -0.05) is 55.4 Å². The lowest BCUT2D eigenvalue weighted by Gasteiger charge is -2.21. The van der Waals surface area contributed by atoms with E-state index < -0.39 is 5.92 Å². The number of hydrogen-bond acceptors (Lipinski definition) is 7. The van der Waals surface area contributed by atoms with Crippen molar-refractivity contribution in [2.75, 3.05) is 34.2 Å². The lowest BCUT2D eigenvalue weighted by Crippen LogP contribution is -2.35. The second kappa shape index (κ2) is 8.12. The normalized spacial score (nSPS) is 17.7. The summed E-state index contributed by atoms with van der Waals surface area (Å²) in [7, 11) is 0. The van der Waals surface area contributed by atoms with Gasteiger partial charge in [0.1, 0.15) is 5.69 Å². The number of benzene rings is 1. The molecule has 0 amide bonds. The monoisotopic (exact) mass is 440 g/mol. The van der Waals surface area contributed by atoms with Crippen LogP contribution < -0.4 is 20.9 Å². The molecule has 4 rings (SSSR count). The minimum Gasteiger partial charge on any atom is -0.348 e. The van der Waals surface area contributed by atoms with E-state index >= 15 is 0 Å². The van der Waals surface area contributed by atoms with E-state index in [2.05, 4.69) is 29.8 Å². The highest BCUT2D eigenvalue weighted by Gasteiger charge is 2.41. The third-order valence-electron chi connectivity index (χ3n) is 4.72. The van der Waals surface area contributed by atoms with Crippen LogP contribution in [-0.2, 0) is 6.54 Å². The zero-order chi connectivity index (χ0) is 20.6. The number of fused-ring (bicyclic) bond motifs is 1. The van der Waals surface area contributed by atoms with Crippen LogP contribution in [0.1, 0.15) is 25.8 Å². The summed E-state index contributed by atoms with van der Waals surface area (Å²) < 4.78 is 27.7. The fourth-order valence-corrected chi connectivity index (χ4v) is 4.24. The Morgan fingerprint density at radius 2 is 2.00 bits per heavy atom. The molecular formula is C19H23ClF2N6S. The van der Waals surface area contributed by atoms with E-state index in [1.807, 2.05) is 29.3 Å². The molecule has 10 heteroatoms. The Bertz CT molecular complexity index is 897. The molecule has 0 radical (unpaired) electrons. The topological polar surface area (TPSA) is 56.3 Å². The maximum absolute atomic E-state index is 13.8. The molecule has 1 fully saturated rings. The molecule has 29 heavy (non-hydrogen) atoms. The van der Waals surface area contributed by atoms with E-state index in [-0.39, 0.29) is 19.5 Å². The first kappa shape index (κ1) is 20.4. The molecule has 1 aromatic heterocycles.